The van der Waals surface area contributed by atoms with E-state index in [-0.39, 0.29) is 40.1 Å². The van der Waals surface area contributed by atoms with Crippen LogP contribution in [-0.4, -0.2) is 5.97 Å². The fourth-order valence-corrected chi connectivity index (χ4v) is 0.123. The maximum absolute atomic E-state index is 10.1. The molecule has 0 saturated heterocycles. The third-order valence-electron chi connectivity index (χ3n) is 0.480. The Labute approximate surface area is 81.5 Å². The van der Waals surface area contributed by atoms with Crippen molar-refractivity contribution in [2.75, 3.05) is 0 Å². The van der Waals surface area contributed by atoms with Crippen molar-refractivity contribution >= 4 is 5.97 Å². The monoisotopic (exact) mass is 203 g/mol. The molecule has 51 valence electrons. The van der Waals surface area contributed by atoms with Crippen LogP contribution < -0.4 is 0 Å². The van der Waals surface area contributed by atoms with Gasteiger partial charge in [0.2, 0.25) is 0 Å². The van der Waals surface area contributed by atoms with Crippen molar-refractivity contribution in [1.29, 1.82) is 0 Å². The van der Waals surface area contributed by atoms with Gasteiger partial charge >= 0.3 is 5.97 Å². The molecule has 0 N–H and O–H groups in total. The Kier molecular flexibility index (Phi) is 14.9. The van der Waals surface area contributed by atoms with Crippen LogP contribution in [0.2, 0.25) is 0 Å². The minimum Gasteiger partial charge on any atom is -0.637 e. The molecule has 9 heavy (non-hydrogen) atoms. The fourth-order valence-electron chi connectivity index (χ4n) is 0.123. The number of hydrogen-bond acceptors (Lipinski definition) is 2. The summed E-state index contributed by atoms with van der Waals surface area (Å²) in [5, 5.41) is 0. The van der Waals surface area contributed by atoms with E-state index in [2.05, 4.69) is 18.4 Å². The smallest absolute Gasteiger partial charge is 0.301 e. The molecule has 0 aliphatic rings. The Bertz CT molecular complexity index is 99.2. The van der Waals surface area contributed by atoms with Crippen LogP contribution in [0.5, 0.6) is 0 Å². The van der Waals surface area contributed by atoms with E-state index in [4.69, 9.17) is 0 Å². The average molecular weight is 203 g/mol. The maximum Gasteiger partial charge on any atom is 0.301 e. The van der Waals surface area contributed by atoms with Gasteiger partial charge in [0.15, 0.2) is 0 Å². The molecule has 0 heterocycles. The molecular weight excluding hydrogens is 193 g/mol. The van der Waals surface area contributed by atoms with Crippen molar-refractivity contribution in [3.05, 3.63) is 26.7 Å². The molecule has 2 nitrogen and oxygen atoms in total. The second-order valence-corrected chi connectivity index (χ2v) is 1.21. The minimum absolute atomic E-state index is 0. The predicted molar refractivity (Wildman–Crippen MR) is 32.7 cm³/mol. The summed E-state index contributed by atoms with van der Waals surface area (Å²) in [6, 6.07) is 0. The van der Waals surface area contributed by atoms with Gasteiger partial charge in [0.05, 0.1) is 0 Å². The summed E-state index contributed by atoms with van der Waals surface area (Å²) >= 11 is 0. The van der Waals surface area contributed by atoms with Crippen molar-refractivity contribution in [3.8, 4) is 0 Å². The summed E-state index contributed by atoms with van der Waals surface area (Å²) < 4.78 is 4.02. The normalized spacial score (nSPS) is 6.00. The van der Waals surface area contributed by atoms with E-state index in [1.165, 1.54) is 0 Å². The van der Waals surface area contributed by atoms with Crippen molar-refractivity contribution in [3.63, 3.8) is 0 Å². The first-order chi connectivity index (χ1) is 3.18. The largest absolute Gasteiger partial charge is 0.637 e. The molecule has 0 saturated carbocycles. The third kappa shape index (κ3) is 8.31. The van der Waals surface area contributed by atoms with Crippen LogP contribution in [0.4, 0.5) is 0 Å². The van der Waals surface area contributed by atoms with E-state index in [1.807, 2.05) is 0 Å². The molecule has 0 aromatic heterocycles. The SMILES string of the molecule is C=C(C)C(=O)O[CH2-].[CH3-].[Y]. The second-order valence-electron chi connectivity index (χ2n) is 1.21. The summed E-state index contributed by atoms with van der Waals surface area (Å²) in [5.41, 5.74) is 0.370. The van der Waals surface area contributed by atoms with Crippen LogP contribution in [0.15, 0.2) is 12.2 Å². The first-order valence-electron chi connectivity index (χ1n) is 1.80. The molecule has 0 unspecified atom stereocenters. The third-order valence-corrected chi connectivity index (χ3v) is 0.480. The van der Waals surface area contributed by atoms with E-state index in [0.29, 0.717) is 5.57 Å². The Hall–Kier alpha value is 0.314. The number of ether oxygens (including phenoxy) is 1. The van der Waals surface area contributed by atoms with Crippen molar-refractivity contribution in [1.82, 2.24) is 0 Å². The van der Waals surface area contributed by atoms with Gasteiger partial charge in [-0.15, -0.1) is 0 Å². The van der Waals surface area contributed by atoms with Crippen molar-refractivity contribution in [2.45, 2.75) is 6.92 Å². The molecular formula is C6H10O2Y-2. The first-order valence-corrected chi connectivity index (χ1v) is 1.80. The van der Waals surface area contributed by atoms with Gasteiger partial charge in [0.25, 0.3) is 0 Å². The van der Waals surface area contributed by atoms with Gasteiger partial charge in [-0.25, -0.2) is 4.79 Å². The molecule has 0 aliphatic heterocycles. The number of rotatable bonds is 1. The molecule has 0 spiro atoms. The number of esters is 1. The van der Waals surface area contributed by atoms with Crippen LogP contribution in [0.3, 0.4) is 0 Å². The first kappa shape index (κ1) is 16.1. The van der Waals surface area contributed by atoms with Gasteiger partial charge in [-0.2, -0.15) is 7.11 Å². The van der Waals surface area contributed by atoms with Crippen molar-refractivity contribution < 1.29 is 42.2 Å². The van der Waals surface area contributed by atoms with Crippen LogP contribution in [0.1, 0.15) is 6.92 Å². The number of carbonyl (C=O) groups is 1. The van der Waals surface area contributed by atoms with Crippen molar-refractivity contribution in [2.24, 2.45) is 0 Å². The quantitative estimate of drug-likeness (QED) is 0.365. The Morgan fingerprint density at radius 2 is 2.00 bits per heavy atom. The van der Waals surface area contributed by atoms with E-state index in [9.17, 15) is 4.79 Å². The average Bonchev–Trinajstić information content (AvgIpc) is 1.65. The van der Waals surface area contributed by atoms with Crippen LogP contribution >= 0.6 is 0 Å². The summed E-state index contributed by atoms with van der Waals surface area (Å²) in [4.78, 5) is 10.1. The van der Waals surface area contributed by atoms with Gasteiger partial charge < -0.3 is 12.2 Å². The van der Waals surface area contributed by atoms with Crippen LogP contribution in [0.25, 0.3) is 0 Å². The summed E-state index contributed by atoms with van der Waals surface area (Å²) in [6.45, 7) is 4.87. The molecule has 1 radical (unpaired) electrons. The van der Waals surface area contributed by atoms with Gasteiger partial charge in [-0.05, 0) is 6.92 Å². The van der Waals surface area contributed by atoms with E-state index < -0.39 is 5.97 Å². The Morgan fingerprint density at radius 3 is 2.00 bits per heavy atom. The molecule has 0 bridgehead atoms. The molecule has 0 rings (SSSR count). The summed E-state index contributed by atoms with van der Waals surface area (Å²) in [6.07, 6.45) is 0. The zero-order valence-electron chi connectivity index (χ0n) is 5.81. The molecule has 0 fully saturated rings. The summed E-state index contributed by atoms with van der Waals surface area (Å²) in [7, 11) is 2.90. The second kappa shape index (κ2) is 8.31. The molecule has 0 aromatic rings. The Balaban J connectivity index is -0.000000180. The van der Waals surface area contributed by atoms with Crippen LogP contribution in [-0.2, 0) is 42.2 Å². The van der Waals surface area contributed by atoms with E-state index in [0.717, 1.165) is 0 Å². The van der Waals surface area contributed by atoms with Gasteiger partial charge in [-0.3, -0.25) is 0 Å². The molecule has 3 heteroatoms. The van der Waals surface area contributed by atoms with Crippen LogP contribution in [0, 0.1) is 14.5 Å². The van der Waals surface area contributed by atoms with Gasteiger partial charge in [0.1, 0.15) is 0 Å². The molecule has 0 amide bonds. The predicted octanol–water partition coefficient (Wildman–Crippen LogP) is 1.35. The maximum atomic E-state index is 10.1. The Morgan fingerprint density at radius 1 is 1.67 bits per heavy atom. The minimum atomic E-state index is -0.458. The standard InChI is InChI=1S/C5H7O2.CH3.Y/c1-4(2)5(6)7-3;;/h1,3H2,2H3;1H3;/q2*-1;. The topological polar surface area (TPSA) is 26.3 Å². The summed E-state index contributed by atoms with van der Waals surface area (Å²) in [5.74, 6) is -0.458. The zero-order chi connectivity index (χ0) is 5.86. The number of carbonyl (C=O) groups excluding carboxylic acids is 1. The van der Waals surface area contributed by atoms with Gasteiger partial charge in [-0.1, -0.05) is 6.58 Å². The van der Waals surface area contributed by atoms with E-state index in [1.54, 1.807) is 6.92 Å². The number of hydrogen-bond donors (Lipinski definition) is 0. The molecule has 0 aliphatic carbocycles. The zero-order valence-corrected chi connectivity index (χ0v) is 8.65. The fraction of sp³-hybridized carbons (Fsp3) is 0.167. The molecule has 0 atom stereocenters. The molecule has 0 aromatic carbocycles. The van der Waals surface area contributed by atoms with E-state index >= 15 is 0 Å². The van der Waals surface area contributed by atoms with Gasteiger partial charge in [0, 0.05) is 38.3 Å².